The van der Waals surface area contributed by atoms with E-state index in [9.17, 15) is 38.4 Å². The van der Waals surface area contributed by atoms with Crippen LogP contribution in [-0.4, -0.2) is 96.3 Å². The number of methoxy groups -OCH3 is 1. The van der Waals surface area contributed by atoms with E-state index in [-0.39, 0.29) is 98.6 Å². The molecule has 438 valence electrons. The van der Waals surface area contributed by atoms with Crippen molar-refractivity contribution in [1.82, 2.24) is 10.2 Å². The van der Waals surface area contributed by atoms with E-state index in [1.165, 1.54) is 17.7 Å². The maximum atomic E-state index is 14.2. The van der Waals surface area contributed by atoms with Crippen molar-refractivity contribution in [3.05, 3.63) is 153 Å². The van der Waals surface area contributed by atoms with Crippen LogP contribution in [0.1, 0.15) is 131 Å². The molecule has 5 heterocycles. The molecule has 19 nitrogen and oxygen atoms in total. The van der Waals surface area contributed by atoms with E-state index in [4.69, 9.17) is 26.8 Å². The Balaban J connectivity index is 0.00000205. The summed E-state index contributed by atoms with van der Waals surface area (Å²) in [6, 6.07) is 28.5. The molecule has 5 aromatic rings. The van der Waals surface area contributed by atoms with Crippen molar-refractivity contribution in [2.24, 2.45) is 5.92 Å². The first kappa shape index (κ1) is 59.8. The van der Waals surface area contributed by atoms with Crippen LogP contribution in [0.15, 0.2) is 103 Å². The zero-order valence-corrected chi connectivity index (χ0v) is 48.2. The van der Waals surface area contributed by atoms with Crippen LogP contribution in [0.5, 0.6) is 17.2 Å². The quantitative estimate of drug-likeness (QED) is 0.0491. The maximum absolute atomic E-state index is 14.2. The Morgan fingerprint density at radius 2 is 1.17 bits per heavy atom. The molecule has 0 aliphatic carbocycles. The number of ketones is 2. The molecule has 2 N–H and O–H groups in total. The number of fused-ring (bicyclic) bond motifs is 8. The number of hydrogen-bond acceptors (Lipinski definition) is 14. The number of aryl methyl sites for hydroxylation is 3. The summed E-state index contributed by atoms with van der Waals surface area (Å²) in [7, 11) is -1.57. The van der Waals surface area contributed by atoms with E-state index in [0.717, 1.165) is 76.2 Å². The molecule has 0 radical (unpaired) electrons. The van der Waals surface area contributed by atoms with Crippen LogP contribution >= 0.6 is 0 Å². The summed E-state index contributed by atoms with van der Waals surface area (Å²) in [5.41, 5.74) is 10.0. The number of ether oxygens (including phenoxy) is 3. The first-order valence-electron chi connectivity index (χ1n) is 28.4. The summed E-state index contributed by atoms with van der Waals surface area (Å²) in [4.78, 5) is 109. The number of para-hydroxylation sites is 2. The summed E-state index contributed by atoms with van der Waals surface area (Å²) >= 11 is 0. The fourth-order valence-electron chi connectivity index (χ4n) is 11.8. The number of carbonyl (C=O) groups excluding carboxylic acids is 8. The predicted octanol–water partition coefficient (Wildman–Crippen LogP) is 8.07. The molecule has 10 rings (SSSR count). The van der Waals surface area contributed by atoms with Gasteiger partial charge >= 0.3 is 10.6 Å². The molecule has 6 amide bonds. The number of rotatable bonds is 22. The average molecular weight is 1160 g/mol. The molecule has 0 fully saturated rings. The molecule has 5 aliphatic rings. The van der Waals surface area contributed by atoms with Gasteiger partial charge in [0.25, 0.3) is 23.6 Å². The third-order valence-corrected chi connectivity index (χ3v) is 16.1. The fourth-order valence-corrected chi connectivity index (χ4v) is 11.8. The van der Waals surface area contributed by atoms with Crippen LogP contribution in [0.3, 0.4) is 0 Å². The second kappa shape index (κ2) is 26.6. The zero-order chi connectivity index (χ0) is 59.8. The van der Waals surface area contributed by atoms with Crippen LogP contribution in [0.2, 0.25) is 0 Å². The summed E-state index contributed by atoms with van der Waals surface area (Å²) in [5, 5.41) is 5.74. The predicted molar refractivity (Wildman–Crippen MR) is 311 cm³/mol. The molecular weight excluding hydrogens is 1090 g/mol. The Bertz CT molecular complexity index is 3580. The number of unbranched alkanes of at least 4 members (excludes halogenated alkanes) is 1. The fraction of sp³-hybridized carbons (Fsp3) is 0.375. The van der Waals surface area contributed by atoms with Crippen molar-refractivity contribution in [2.45, 2.75) is 136 Å². The van der Waals surface area contributed by atoms with Crippen molar-refractivity contribution in [1.29, 1.82) is 0 Å². The standard InChI is InChI=1S/C64H67N5O11.O3S/c1-38-26-51-43(19-21-48-31-45-12-5-8-16-53(45)68(48)63(51)76)33-56(38)79-36-41-28-42(37-80-58-34-44-20-22-49-32-46-13-6-9-17-54(46)69(49)64(77)52(44)35-57(58)78-4)30-47(29-41)66-62(75)39(2)27-55(71)40(3)65-59(72)18-10-7-14-50(70)15-11-25-67-60(73)23-24-61(67)74;1-4(2)3/h5-6,8-9,12-13,16-17,23-24,26,28-30,33-35,39-40,48-49H,7,10-11,14-15,18-22,25,27,31-32,36-37H2,1-4H3,(H,65,72)(H,66,75);/t39?,40?,48-,49?;/m1./s1. The number of imide groups is 1. The molecule has 84 heavy (non-hydrogen) atoms. The lowest BCUT2D eigenvalue weighted by atomic mass is 9.98. The molecule has 4 atom stereocenters. The number of amides is 6. The van der Waals surface area contributed by atoms with E-state index in [1.807, 2.05) is 83.5 Å². The van der Waals surface area contributed by atoms with Crippen LogP contribution in [0.25, 0.3) is 0 Å². The van der Waals surface area contributed by atoms with Crippen LogP contribution in [0.4, 0.5) is 17.1 Å². The van der Waals surface area contributed by atoms with Gasteiger partial charge in [-0.25, -0.2) is 0 Å². The number of nitrogens with zero attached hydrogens (tertiary/aromatic N) is 3. The van der Waals surface area contributed by atoms with Gasteiger partial charge in [0.15, 0.2) is 17.3 Å². The SMILES string of the molecule is COc1cc2c(cc1OCc1cc(COc3cc4c(cc3C)C(=O)N3c5ccccc5C[C@H]3CC4)cc(NC(=O)C(C)CC(=O)C(C)NC(=O)CCCCC(=O)CCCN3C(=O)C=CC3=O)c1)CCC1Cc3ccccc3N1C2=O.O=S(=O)=O. The number of carbonyl (C=O) groups is 8. The molecule has 5 aromatic carbocycles. The van der Waals surface area contributed by atoms with Crippen molar-refractivity contribution in [2.75, 3.05) is 28.8 Å². The highest BCUT2D eigenvalue weighted by Gasteiger charge is 2.39. The van der Waals surface area contributed by atoms with E-state index >= 15 is 0 Å². The number of nitrogens with one attached hydrogen (secondary N) is 2. The Labute approximate surface area is 488 Å². The highest BCUT2D eigenvalue weighted by Crippen LogP contribution is 2.42. The maximum Gasteiger partial charge on any atom is 0.425 e. The highest BCUT2D eigenvalue weighted by atomic mass is 32.2. The molecule has 0 saturated heterocycles. The van der Waals surface area contributed by atoms with Gasteiger partial charge in [-0.15, -0.1) is 12.6 Å². The van der Waals surface area contributed by atoms with Crippen LogP contribution in [-0.2, 0) is 78.3 Å². The lowest BCUT2D eigenvalue weighted by Crippen LogP contribution is -2.39. The van der Waals surface area contributed by atoms with Gasteiger partial charge < -0.3 is 34.6 Å². The van der Waals surface area contributed by atoms with Crippen LogP contribution in [0, 0.1) is 12.8 Å². The third kappa shape index (κ3) is 14.0. The molecule has 5 aliphatic heterocycles. The minimum Gasteiger partial charge on any atom is -0.493 e. The highest BCUT2D eigenvalue weighted by molar-refractivity contribution is 7.59. The molecule has 20 heteroatoms. The third-order valence-electron chi connectivity index (χ3n) is 16.1. The molecule has 0 bridgehead atoms. The van der Waals surface area contributed by atoms with Crippen molar-refractivity contribution < 1.29 is 65.2 Å². The number of hydrogen-bond donors (Lipinski definition) is 2. The molecular formula is C64H67N5O14S. The Morgan fingerprint density at radius 1 is 0.643 bits per heavy atom. The van der Waals surface area contributed by atoms with E-state index in [1.54, 1.807) is 33.1 Å². The average Bonchev–Trinajstić information content (AvgIpc) is 2.68. The van der Waals surface area contributed by atoms with Gasteiger partial charge in [0.1, 0.15) is 24.7 Å². The molecule has 3 unspecified atom stereocenters. The largest absolute Gasteiger partial charge is 0.493 e. The topological polar surface area (TPSA) is 249 Å². The van der Waals surface area contributed by atoms with E-state index in [0.29, 0.717) is 65.3 Å². The minimum absolute atomic E-state index is 0.00643. The van der Waals surface area contributed by atoms with Crippen molar-refractivity contribution >= 4 is 74.7 Å². The van der Waals surface area contributed by atoms with Gasteiger partial charge in [0.2, 0.25) is 11.8 Å². The molecule has 0 spiro atoms. The van der Waals surface area contributed by atoms with Gasteiger partial charge in [0, 0.05) is 90.6 Å². The normalized spacial score (nSPS) is 17.0. The first-order valence-corrected chi connectivity index (χ1v) is 29.4. The van der Waals surface area contributed by atoms with Gasteiger partial charge in [-0.2, -0.15) is 0 Å². The summed E-state index contributed by atoms with van der Waals surface area (Å²) in [6.07, 6.45) is 8.78. The summed E-state index contributed by atoms with van der Waals surface area (Å²) in [5.74, 6) is -1.17. The smallest absolute Gasteiger partial charge is 0.425 e. The zero-order valence-electron chi connectivity index (χ0n) is 47.4. The molecule has 0 aromatic heterocycles. The van der Waals surface area contributed by atoms with Crippen molar-refractivity contribution in [3.63, 3.8) is 0 Å². The second-order valence-electron chi connectivity index (χ2n) is 22.0. The summed E-state index contributed by atoms with van der Waals surface area (Å²) < 4.78 is 44.2. The lowest BCUT2D eigenvalue weighted by molar-refractivity contribution is -0.137. The Hall–Kier alpha value is -8.78. The Kier molecular flexibility index (Phi) is 19.0. The molecule has 0 saturated carbocycles. The number of benzene rings is 5. The lowest BCUT2D eigenvalue weighted by Gasteiger charge is -2.23. The van der Waals surface area contributed by atoms with Crippen LogP contribution < -0.4 is 34.6 Å². The monoisotopic (exact) mass is 1160 g/mol. The van der Waals surface area contributed by atoms with Crippen molar-refractivity contribution in [3.8, 4) is 17.2 Å². The number of Topliss-reactive ketones (excluding diaryl/α,β-unsaturated/α-hetero) is 2. The van der Waals surface area contributed by atoms with Gasteiger partial charge in [-0.05, 0) is 165 Å². The Morgan fingerprint density at radius 3 is 1.75 bits per heavy atom. The summed E-state index contributed by atoms with van der Waals surface area (Å²) in [6.45, 7) is 5.52. The van der Waals surface area contributed by atoms with E-state index in [2.05, 4.69) is 22.8 Å². The number of anilines is 3. The minimum atomic E-state index is -3.11. The van der Waals surface area contributed by atoms with Gasteiger partial charge in [-0.3, -0.25) is 43.3 Å². The second-order valence-corrected chi connectivity index (χ2v) is 22.4. The van der Waals surface area contributed by atoms with Gasteiger partial charge in [0.05, 0.1) is 13.2 Å². The first-order chi connectivity index (χ1) is 40.3. The van der Waals surface area contributed by atoms with Gasteiger partial charge in [-0.1, -0.05) is 43.3 Å². The van der Waals surface area contributed by atoms with E-state index < -0.39 is 28.5 Å².